The van der Waals surface area contributed by atoms with Gasteiger partial charge in [-0.2, -0.15) is 4.99 Å². The summed E-state index contributed by atoms with van der Waals surface area (Å²) >= 11 is 1.50. The highest BCUT2D eigenvalue weighted by Crippen LogP contribution is 2.33. The van der Waals surface area contributed by atoms with Crippen LogP contribution in [0.5, 0.6) is 0 Å². The van der Waals surface area contributed by atoms with E-state index >= 15 is 0 Å². The molecule has 0 atom stereocenters. The van der Waals surface area contributed by atoms with E-state index in [0.29, 0.717) is 4.91 Å². The minimum Gasteiger partial charge on any atom is -0.348 e. The monoisotopic (exact) mass is 495 g/mol. The largest absolute Gasteiger partial charge is 0.348 e. The predicted octanol–water partition coefficient (Wildman–Crippen LogP) is 6.36. The molecule has 2 heterocycles. The van der Waals surface area contributed by atoms with Crippen molar-refractivity contribution in [1.29, 1.82) is 0 Å². The third-order valence-electron chi connectivity index (χ3n) is 6.86. The zero-order chi connectivity index (χ0) is 25.1. The quantitative estimate of drug-likeness (QED) is 0.395. The first-order valence-electron chi connectivity index (χ1n) is 12.6. The second kappa shape index (κ2) is 10.5. The minimum absolute atomic E-state index is 0.113. The van der Waals surface area contributed by atoms with Crippen molar-refractivity contribution >= 4 is 28.9 Å². The van der Waals surface area contributed by atoms with Gasteiger partial charge in [0.1, 0.15) is 0 Å². The van der Waals surface area contributed by atoms with E-state index in [1.165, 1.54) is 28.5 Å². The number of nitrogens with zero attached hydrogens (tertiary/aromatic N) is 3. The Kier molecular flexibility index (Phi) is 7.13. The van der Waals surface area contributed by atoms with Gasteiger partial charge < -0.3 is 4.90 Å². The van der Waals surface area contributed by atoms with E-state index < -0.39 is 0 Å². The van der Waals surface area contributed by atoms with Crippen LogP contribution < -0.4 is 0 Å². The van der Waals surface area contributed by atoms with Gasteiger partial charge in [0, 0.05) is 26.2 Å². The summed E-state index contributed by atoms with van der Waals surface area (Å²) in [5, 5.41) is 0.827. The first-order valence-corrected chi connectivity index (χ1v) is 13.4. The fraction of sp³-hybridized carbons (Fsp3) is 0.290. The molecule has 0 bridgehead atoms. The first kappa shape index (κ1) is 24.5. The van der Waals surface area contributed by atoms with Crippen LogP contribution in [0.25, 0.3) is 6.08 Å². The molecule has 3 aromatic rings. The zero-order valence-corrected chi connectivity index (χ0v) is 22.0. The van der Waals surface area contributed by atoms with Crippen molar-refractivity contribution in [3.63, 3.8) is 0 Å². The number of carbonyl (C=O) groups excluding carboxylic acids is 1. The Balaban J connectivity index is 1.26. The number of hydrogen-bond donors (Lipinski definition) is 0. The SMILES string of the molecule is CC(C)(C)c1ccc(/C=C2\SC(N3CCN(C(c4ccccc4)c4ccccc4)CC3)=NC2=O)cc1. The van der Waals surface area contributed by atoms with Crippen LogP contribution in [-0.2, 0) is 10.2 Å². The molecule has 0 aliphatic carbocycles. The zero-order valence-electron chi connectivity index (χ0n) is 21.2. The van der Waals surface area contributed by atoms with Crippen molar-refractivity contribution in [2.24, 2.45) is 4.99 Å². The summed E-state index contributed by atoms with van der Waals surface area (Å²) in [4.78, 5) is 22.6. The van der Waals surface area contributed by atoms with Crippen LogP contribution in [0.3, 0.4) is 0 Å². The second-order valence-corrected chi connectivity index (χ2v) is 11.4. The Morgan fingerprint density at radius 3 is 1.89 bits per heavy atom. The van der Waals surface area contributed by atoms with E-state index in [1.807, 2.05) is 6.08 Å². The Labute approximate surface area is 218 Å². The van der Waals surface area contributed by atoms with Crippen LogP contribution in [0.2, 0.25) is 0 Å². The maximum Gasteiger partial charge on any atom is 0.286 e. The molecule has 1 saturated heterocycles. The predicted molar refractivity (Wildman–Crippen MR) is 151 cm³/mol. The van der Waals surface area contributed by atoms with Gasteiger partial charge in [-0.3, -0.25) is 9.69 Å². The lowest BCUT2D eigenvalue weighted by Crippen LogP contribution is -2.49. The van der Waals surface area contributed by atoms with Crippen LogP contribution in [-0.4, -0.2) is 47.1 Å². The van der Waals surface area contributed by atoms with Crippen LogP contribution >= 0.6 is 11.8 Å². The smallest absolute Gasteiger partial charge is 0.286 e. The molecule has 2 aliphatic heterocycles. The molecule has 3 aromatic carbocycles. The van der Waals surface area contributed by atoms with Gasteiger partial charge in [0.2, 0.25) is 0 Å². The lowest BCUT2D eigenvalue weighted by molar-refractivity contribution is -0.113. The van der Waals surface area contributed by atoms with Crippen molar-refractivity contribution in [2.75, 3.05) is 26.2 Å². The Morgan fingerprint density at radius 1 is 0.806 bits per heavy atom. The molecule has 36 heavy (non-hydrogen) atoms. The lowest BCUT2D eigenvalue weighted by atomic mass is 9.87. The maximum absolute atomic E-state index is 12.7. The summed E-state index contributed by atoms with van der Waals surface area (Å²) in [5.41, 5.74) is 5.05. The molecule has 5 rings (SSSR count). The highest BCUT2D eigenvalue weighted by Gasteiger charge is 2.31. The topological polar surface area (TPSA) is 35.9 Å². The van der Waals surface area contributed by atoms with E-state index in [9.17, 15) is 4.79 Å². The number of carbonyl (C=O) groups is 1. The molecular formula is C31H33N3OS. The average molecular weight is 496 g/mol. The van der Waals surface area contributed by atoms with Gasteiger partial charge in [-0.15, -0.1) is 0 Å². The summed E-state index contributed by atoms with van der Waals surface area (Å²) in [7, 11) is 0. The standard InChI is InChI=1S/C31H33N3OS/c1-31(2,3)26-16-14-23(15-17-26)22-27-29(35)32-30(36-27)34-20-18-33(19-21-34)28(24-10-6-4-7-11-24)25-12-8-5-9-13-25/h4-17,22,28H,18-21H2,1-3H3/b27-22-. The number of piperazine rings is 1. The fourth-order valence-electron chi connectivity index (χ4n) is 4.82. The summed E-state index contributed by atoms with van der Waals surface area (Å²) in [6, 6.07) is 30.1. The molecule has 0 radical (unpaired) electrons. The van der Waals surface area contributed by atoms with Gasteiger partial charge in [0.25, 0.3) is 5.91 Å². The molecule has 184 valence electrons. The van der Waals surface area contributed by atoms with Gasteiger partial charge >= 0.3 is 0 Å². The number of amides is 1. The maximum atomic E-state index is 12.7. The first-order chi connectivity index (χ1) is 17.4. The van der Waals surface area contributed by atoms with Crippen molar-refractivity contribution in [2.45, 2.75) is 32.2 Å². The molecule has 0 unspecified atom stereocenters. The Morgan fingerprint density at radius 2 is 1.36 bits per heavy atom. The van der Waals surface area contributed by atoms with Gasteiger partial charge in [-0.25, -0.2) is 0 Å². The molecule has 1 amide bonds. The number of benzene rings is 3. The van der Waals surface area contributed by atoms with Crippen LogP contribution in [0.15, 0.2) is 94.8 Å². The van der Waals surface area contributed by atoms with Crippen LogP contribution in [0.1, 0.15) is 49.1 Å². The fourth-order valence-corrected chi connectivity index (χ4v) is 5.79. The number of amidine groups is 1. The van der Waals surface area contributed by atoms with E-state index in [2.05, 4.69) is 120 Å². The van der Waals surface area contributed by atoms with Gasteiger partial charge in [-0.05, 0) is 45.5 Å². The van der Waals surface area contributed by atoms with Gasteiger partial charge in [-0.1, -0.05) is 106 Å². The number of hydrogen-bond acceptors (Lipinski definition) is 4. The second-order valence-electron chi connectivity index (χ2n) is 10.4. The van der Waals surface area contributed by atoms with E-state index in [0.717, 1.165) is 36.9 Å². The molecule has 4 nitrogen and oxygen atoms in total. The lowest BCUT2D eigenvalue weighted by Gasteiger charge is -2.40. The van der Waals surface area contributed by atoms with Crippen molar-refractivity contribution in [1.82, 2.24) is 9.80 Å². The van der Waals surface area contributed by atoms with Crippen LogP contribution in [0.4, 0.5) is 0 Å². The third-order valence-corrected chi connectivity index (χ3v) is 7.91. The van der Waals surface area contributed by atoms with E-state index in [4.69, 9.17) is 0 Å². The third kappa shape index (κ3) is 5.48. The summed E-state index contributed by atoms with van der Waals surface area (Å²) in [6.07, 6.45) is 1.97. The molecule has 5 heteroatoms. The highest BCUT2D eigenvalue weighted by molar-refractivity contribution is 8.18. The molecule has 1 fully saturated rings. The summed E-state index contributed by atoms with van der Waals surface area (Å²) in [5.74, 6) is -0.135. The van der Waals surface area contributed by atoms with Gasteiger partial charge in [0.05, 0.1) is 10.9 Å². The Hall–Kier alpha value is -3.15. The van der Waals surface area contributed by atoms with Crippen molar-refractivity contribution in [3.05, 3.63) is 112 Å². The van der Waals surface area contributed by atoms with Crippen LogP contribution in [0, 0.1) is 0 Å². The van der Waals surface area contributed by atoms with E-state index in [-0.39, 0.29) is 17.4 Å². The molecular weight excluding hydrogens is 462 g/mol. The molecule has 2 aliphatic rings. The molecule has 0 saturated carbocycles. The van der Waals surface area contributed by atoms with Crippen molar-refractivity contribution < 1.29 is 4.79 Å². The summed E-state index contributed by atoms with van der Waals surface area (Å²) < 4.78 is 0. The normalized spacial score (nSPS) is 18.2. The highest BCUT2D eigenvalue weighted by atomic mass is 32.2. The molecule has 0 N–H and O–H groups in total. The van der Waals surface area contributed by atoms with Gasteiger partial charge in [0.15, 0.2) is 5.17 Å². The molecule has 0 aromatic heterocycles. The Bertz CT molecular complexity index is 1210. The average Bonchev–Trinajstić information content (AvgIpc) is 3.25. The summed E-state index contributed by atoms with van der Waals surface area (Å²) in [6.45, 7) is 10.1. The number of aliphatic imine (C=N–C) groups is 1. The number of rotatable bonds is 4. The van der Waals surface area contributed by atoms with E-state index in [1.54, 1.807) is 0 Å². The number of thioether (sulfide) groups is 1. The minimum atomic E-state index is -0.135. The molecule has 0 spiro atoms. The van der Waals surface area contributed by atoms with Crippen molar-refractivity contribution in [3.8, 4) is 0 Å².